The molecule has 1 N–H and O–H groups in total. The summed E-state index contributed by atoms with van der Waals surface area (Å²) in [5, 5.41) is 8.87. The highest BCUT2D eigenvalue weighted by Gasteiger charge is 2.03. The largest absolute Gasteiger partial charge is 0.498 e. The van der Waals surface area contributed by atoms with Crippen LogP contribution in [0.5, 0.6) is 5.75 Å². The van der Waals surface area contributed by atoms with Gasteiger partial charge in [-0.15, -0.1) is 0 Å². The van der Waals surface area contributed by atoms with Gasteiger partial charge in [0.2, 0.25) is 0 Å². The second kappa shape index (κ2) is 7.14. The summed E-state index contributed by atoms with van der Waals surface area (Å²) in [5.74, 6) is -0.166. The van der Waals surface area contributed by atoms with Crippen LogP contribution in [0.1, 0.15) is 10.4 Å². The summed E-state index contributed by atoms with van der Waals surface area (Å²) in [7, 11) is 0. The van der Waals surface area contributed by atoms with Gasteiger partial charge in [0.05, 0.1) is 11.8 Å². The van der Waals surface area contributed by atoms with E-state index < -0.39 is 5.97 Å². The lowest BCUT2D eigenvalue weighted by Crippen LogP contribution is -2.03. The molecule has 2 aromatic carbocycles. The van der Waals surface area contributed by atoms with Gasteiger partial charge in [0.1, 0.15) is 19.0 Å². The molecule has 0 heterocycles. The average Bonchev–Trinajstić information content (AvgIpc) is 2.52. The predicted molar refractivity (Wildman–Crippen MR) is 80.5 cm³/mol. The van der Waals surface area contributed by atoms with Crippen LogP contribution in [-0.4, -0.2) is 24.3 Å². The number of aromatic carboxylic acids is 1. The van der Waals surface area contributed by atoms with E-state index >= 15 is 0 Å². The van der Waals surface area contributed by atoms with Crippen molar-refractivity contribution in [1.29, 1.82) is 0 Å². The van der Waals surface area contributed by atoms with Crippen LogP contribution in [0.25, 0.3) is 11.1 Å². The van der Waals surface area contributed by atoms with Crippen LogP contribution in [0.2, 0.25) is 0 Å². The molecule has 0 bridgehead atoms. The summed E-state index contributed by atoms with van der Waals surface area (Å²) >= 11 is 0. The molecule has 0 radical (unpaired) electrons. The second-order valence-electron chi connectivity index (χ2n) is 4.29. The first-order valence-corrected chi connectivity index (χ1v) is 6.50. The third kappa shape index (κ3) is 4.11. The molecule has 108 valence electrons. The molecule has 0 aliphatic carbocycles. The highest BCUT2D eigenvalue weighted by atomic mass is 16.5. The Bertz CT molecular complexity index is 600. The minimum Gasteiger partial charge on any atom is -0.498 e. The van der Waals surface area contributed by atoms with Gasteiger partial charge in [-0.1, -0.05) is 30.8 Å². The molecule has 0 amide bonds. The zero-order valence-electron chi connectivity index (χ0n) is 11.5. The van der Waals surface area contributed by atoms with E-state index in [1.165, 1.54) is 6.26 Å². The quantitative estimate of drug-likeness (QED) is 0.623. The Kier molecular flexibility index (Phi) is 4.99. The lowest BCUT2D eigenvalue weighted by Gasteiger charge is -2.07. The van der Waals surface area contributed by atoms with Crippen LogP contribution in [0.15, 0.2) is 61.4 Å². The Hall–Kier alpha value is -2.75. The topological polar surface area (TPSA) is 55.8 Å². The zero-order chi connectivity index (χ0) is 15.1. The molecule has 21 heavy (non-hydrogen) atoms. The normalized spacial score (nSPS) is 9.90. The van der Waals surface area contributed by atoms with Crippen molar-refractivity contribution in [3.63, 3.8) is 0 Å². The zero-order valence-corrected chi connectivity index (χ0v) is 11.5. The Morgan fingerprint density at radius 1 is 1.00 bits per heavy atom. The second-order valence-corrected chi connectivity index (χ2v) is 4.29. The van der Waals surface area contributed by atoms with Crippen LogP contribution >= 0.6 is 0 Å². The summed E-state index contributed by atoms with van der Waals surface area (Å²) in [4.78, 5) is 10.8. The highest BCUT2D eigenvalue weighted by molar-refractivity contribution is 5.88. The van der Waals surface area contributed by atoms with Crippen LogP contribution in [-0.2, 0) is 4.74 Å². The third-order valence-electron chi connectivity index (χ3n) is 2.91. The van der Waals surface area contributed by atoms with Crippen molar-refractivity contribution in [2.24, 2.45) is 0 Å². The maximum absolute atomic E-state index is 10.8. The lowest BCUT2D eigenvalue weighted by atomic mass is 10.0. The number of carbonyl (C=O) groups is 1. The van der Waals surface area contributed by atoms with Crippen LogP contribution in [0, 0.1) is 0 Å². The van der Waals surface area contributed by atoms with Gasteiger partial charge < -0.3 is 14.6 Å². The van der Waals surface area contributed by atoms with Gasteiger partial charge in [0, 0.05) is 0 Å². The monoisotopic (exact) mass is 284 g/mol. The van der Waals surface area contributed by atoms with E-state index in [-0.39, 0.29) is 5.56 Å². The van der Waals surface area contributed by atoms with Crippen molar-refractivity contribution in [2.75, 3.05) is 13.2 Å². The number of carboxylic acids is 1. The maximum Gasteiger partial charge on any atom is 0.335 e. The summed E-state index contributed by atoms with van der Waals surface area (Å²) in [6.45, 7) is 4.37. The van der Waals surface area contributed by atoms with Crippen LogP contribution in [0.4, 0.5) is 0 Å². The summed E-state index contributed by atoms with van der Waals surface area (Å²) in [6.07, 6.45) is 1.38. The van der Waals surface area contributed by atoms with Crippen LogP contribution in [0.3, 0.4) is 0 Å². The smallest absolute Gasteiger partial charge is 0.335 e. The molecule has 0 atom stereocenters. The molecule has 0 unspecified atom stereocenters. The van der Waals surface area contributed by atoms with E-state index in [0.29, 0.717) is 13.2 Å². The molecule has 0 saturated heterocycles. The fraction of sp³-hybridized carbons (Fsp3) is 0.118. The van der Waals surface area contributed by atoms with E-state index in [0.717, 1.165) is 16.9 Å². The summed E-state index contributed by atoms with van der Waals surface area (Å²) in [5.41, 5.74) is 2.24. The molecule has 0 aromatic heterocycles. The van der Waals surface area contributed by atoms with Crippen molar-refractivity contribution >= 4 is 5.97 Å². The molecular weight excluding hydrogens is 268 g/mol. The molecule has 4 heteroatoms. The van der Waals surface area contributed by atoms with Crippen molar-refractivity contribution < 1.29 is 19.4 Å². The van der Waals surface area contributed by atoms with Gasteiger partial charge in [0.25, 0.3) is 0 Å². The molecular formula is C17H16O4. The van der Waals surface area contributed by atoms with Gasteiger partial charge in [-0.25, -0.2) is 4.79 Å². The number of hydrogen-bond acceptors (Lipinski definition) is 3. The molecule has 0 spiro atoms. The van der Waals surface area contributed by atoms with E-state index in [9.17, 15) is 4.79 Å². The molecule has 0 aliphatic rings. The van der Waals surface area contributed by atoms with Gasteiger partial charge >= 0.3 is 5.97 Å². The fourth-order valence-electron chi connectivity index (χ4n) is 1.84. The van der Waals surface area contributed by atoms with Crippen LogP contribution < -0.4 is 4.74 Å². The van der Waals surface area contributed by atoms with E-state index in [1.807, 2.05) is 24.3 Å². The van der Waals surface area contributed by atoms with Crippen molar-refractivity contribution in [3.05, 3.63) is 66.9 Å². The third-order valence-corrected chi connectivity index (χ3v) is 2.91. The number of rotatable bonds is 7. The Morgan fingerprint density at radius 3 is 2.10 bits per heavy atom. The van der Waals surface area contributed by atoms with Gasteiger partial charge in [0.15, 0.2) is 0 Å². The Labute approximate surface area is 123 Å². The Morgan fingerprint density at radius 2 is 1.57 bits per heavy atom. The van der Waals surface area contributed by atoms with Crippen molar-refractivity contribution in [3.8, 4) is 16.9 Å². The predicted octanol–water partition coefficient (Wildman–Crippen LogP) is 3.59. The lowest BCUT2D eigenvalue weighted by molar-refractivity contribution is 0.0697. The van der Waals surface area contributed by atoms with Gasteiger partial charge in [-0.05, 0) is 35.4 Å². The molecule has 0 saturated carbocycles. The van der Waals surface area contributed by atoms with Gasteiger partial charge in [-0.2, -0.15) is 0 Å². The summed E-state index contributed by atoms with van der Waals surface area (Å²) in [6, 6.07) is 14.4. The summed E-state index contributed by atoms with van der Waals surface area (Å²) < 4.78 is 10.5. The van der Waals surface area contributed by atoms with Crippen molar-refractivity contribution in [2.45, 2.75) is 0 Å². The number of ether oxygens (including phenoxy) is 2. The first-order chi connectivity index (χ1) is 10.2. The highest BCUT2D eigenvalue weighted by Crippen LogP contribution is 2.22. The van der Waals surface area contributed by atoms with E-state index in [4.69, 9.17) is 14.6 Å². The number of benzene rings is 2. The number of hydrogen-bond donors (Lipinski definition) is 1. The van der Waals surface area contributed by atoms with Crippen molar-refractivity contribution in [1.82, 2.24) is 0 Å². The number of carboxylic acid groups (broad SMARTS) is 1. The maximum atomic E-state index is 10.8. The SMILES string of the molecule is C=COCCOc1ccc(-c2ccc(C(=O)O)cc2)cc1. The molecule has 2 rings (SSSR count). The van der Waals surface area contributed by atoms with Gasteiger partial charge in [-0.3, -0.25) is 0 Å². The molecule has 2 aromatic rings. The van der Waals surface area contributed by atoms with E-state index in [1.54, 1.807) is 24.3 Å². The van der Waals surface area contributed by atoms with E-state index in [2.05, 4.69) is 6.58 Å². The first kappa shape index (κ1) is 14.7. The standard InChI is InChI=1S/C17H16O4/c1-2-20-11-12-21-16-9-7-14(8-10-16)13-3-5-15(6-4-13)17(18)19/h2-10H,1,11-12H2,(H,18,19). The molecule has 4 nitrogen and oxygen atoms in total. The Balaban J connectivity index is 2.01. The molecule has 0 fully saturated rings. The minimum absolute atomic E-state index is 0.279. The average molecular weight is 284 g/mol. The fourth-order valence-corrected chi connectivity index (χ4v) is 1.84. The minimum atomic E-state index is -0.924. The molecule has 0 aliphatic heterocycles. The first-order valence-electron chi connectivity index (χ1n) is 6.50.